The predicted molar refractivity (Wildman–Crippen MR) is 107 cm³/mol. The number of nitrogens with zero attached hydrogens (tertiary/aromatic N) is 3. The number of carbonyl (C=O) groups is 2. The second kappa shape index (κ2) is 8.54. The van der Waals surface area contributed by atoms with Crippen molar-refractivity contribution in [2.24, 2.45) is 4.99 Å². The highest BCUT2D eigenvalue weighted by Gasteiger charge is 2.20. The van der Waals surface area contributed by atoms with E-state index in [1.165, 1.54) is 36.4 Å². The molecule has 0 saturated carbocycles. The molecule has 8 heteroatoms. The number of phenols is 1. The minimum Gasteiger partial charge on any atom is -0.508 e. The van der Waals surface area contributed by atoms with Gasteiger partial charge in [0.15, 0.2) is 4.80 Å². The van der Waals surface area contributed by atoms with Crippen LogP contribution in [-0.2, 0) is 4.74 Å². The van der Waals surface area contributed by atoms with Gasteiger partial charge in [-0.05, 0) is 50.2 Å². The normalized spacial score (nSPS) is 11.1. The minimum absolute atomic E-state index is 0.0441. The van der Waals surface area contributed by atoms with Crippen molar-refractivity contribution in [3.8, 4) is 17.5 Å². The molecule has 146 valence electrons. The first-order valence-corrected chi connectivity index (χ1v) is 9.54. The molecule has 0 atom stereocenters. The number of aromatic nitrogens is 1. The van der Waals surface area contributed by atoms with E-state index in [0.717, 1.165) is 11.3 Å². The summed E-state index contributed by atoms with van der Waals surface area (Å²) in [6, 6.07) is 14.5. The summed E-state index contributed by atoms with van der Waals surface area (Å²) in [5, 5.41) is 18.7. The summed E-state index contributed by atoms with van der Waals surface area (Å²) >= 11 is 1.03. The van der Waals surface area contributed by atoms with Gasteiger partial charge < -0.3 is 9.84 Å². The number of hydrogen-bond donors (Lipinski definition) is 1. The molecule has 1 heterocycles. The van der Waals surface area contributed by atoms with Crippen LogP contribution in [0.4, 0.5) is 0 Å². The zero-order valence-electron chi connectivity index (χ0n) is 15.7. The Labute approximate surface area is 170 Å². The molecule has 0 aliphatic carbocycles. The molecular weight excluding hydrogens is 390 g/mol. The number of aromatic hydroxyl groups is 1. The van der Waals surface area contributed by atoms with Crippen molar-refractivity contribution in [3.05, 3.63) is 75.0 Å². The average molecular weight is 407 g/mol. The molecule has 7 nitrogen and oxygen atoms in total. The lowest BCUT2D eigenvalue weighted by Gasteiger charge is -2.07. The second-order valence-electron chi connectivity index (χ2n) is 5.98. The first kappa shape index (κ1) is 20.0. The summed E-state index contributed by atoms with van der Waals surface area (Å²) in [7, 11) is 0. The fourth-order valence-electron chi connectivity index (χ4n) is 2.69. The third-order valence-corrected chi connectivity index (χ3v) is 5.18. The number of carbonyl (C=O) groups excluding carboxylic acids is 2. The topological polar surface area (TPSA) is 105 Å². The molecule has 1 N–H and O–H groups in total. The Kier molecular flexibility index (Phi) is 5.90. The van der Waals surface area contributed by atoms with Gasteiger partial charge in [-0.15, -0.1) is 0 Å². The number of ether oxygens (including phenoxy) is 1. The van der Waals surface area contributed by atoms with Gasteiger partial charge in [-0.25, -0.2) is 4.79 Å². The first-order valence-electron chi connectivity index (χ1n) is 8.72. The Morgan fingerprint density at radius 1 is 1.24 bits per heavy atom. The SMILES string of the molecule is CCOC(=O)c1sc(=NC(=O)c2ccc(C#N)cc2)n(-c2cccc(O)c2)c1C. The molecule has 0 bridgehead atoms. The van der Waals surface area contributed by atoms with Gasteiger partial charge in [0.05, 0.1) is 23.9 Å². The van der Waals surface area contributed by atoms with E-state index in [9.17, 15) is 14.7 Å². The third kappa shape index (κ3) is 4.25. The lowest BCUT2D eigenvalue weighted by atomic mass is 10.1. The van der Waals surface area contributed by atoms with Crippen LogP contribution in [0.2, 0.25) is 0 Å². The lowest BCUT2D eigenvalue weighted by Crippen LogP contribution is -2.16. The first-order chi connectivity index (χ1) is 13.9. The number of phenolic OH excluding ortho intramolecular Hbond substituents is 1. The van der Waals surface area contributed by atoms with Gasteiger partial charge >= 0.3 is 5.97 Å². The van der Waals surface area contributed by atoms with Crippen molar-refractivity contribution in [2.45, 2.75) is 13.8 Å². The number of amides is 1. The Morgan fingerprint density at radius 2 is 1.97 bits per heavy atom. The maximum Gasteiger partial charge on any atom is 0.350 e. The molecule has 0 saturated heterocycles. The van der Waals surface area contributed by atoms with Crippen molar-refractivity contribution in [2.75, 3.05) is 6.61 Å². The molecule has 0 spiro atoms. The Bertz CT molecular complexity index is 1180. The van der Waals surface area contributed by atoms with E-state index in [0.29, 0.717) is 27.4 Å². The molecule has 2 aromatic carbocycles. The smallest absolute Gasteiger partial charge is 0.350 e. The van der Waals surface area contributed by atoms with Crippen molar-refractivity contribution in [1.82, 2.24) is 4.57 Å². The van der Waals surface area contributed by atoms with Crippen LogP contribution in [0.15, 0.2) is 53.5 Å². The van der Waals surface area contributed by atoms with E-state index >= 15 is 0 Å². The molecule has 29 heavy (non-hydrogen) atoms. The summed E-state index contributed by atoms with van der Waals surface area (Å²) in [6.45, 7) is 3.65. The van der Waals surface area contributed by atoms with E-state index in [-0.39, 0.29) is 17.2 Å². The maximum absolute atomic E-state index is 12.7. The van der Waals surface area contributed by atoms with Gasteiger partial charge in [0, 0.05) is 17.3 Å². The number of nitriles is 1. The fraction of sp³-hybridized carbons (Fsp3) is 0.143. The quantitative estimate of drug-likeness (QED) is 0.668. The lowest BCUT2D eigenvalue weighted by molar-refractivity contribution is 0.0530. The van der Waals surface area contributed by atoms with Gasteiger partial charge in [0.2, 0.25) is 0 Å². The van der Waals surface area contributed by atoms with E-state index in [4.69, 9.17) is 10.00 Å². The Balaban J connectivity index is 2.16. The highest BCUT2D eigenvalue weighted by molar-refractivity contribution is 7.11. The van der Waals surface area contributed by atoms with E-state index in [1.807, 2.05) is 6.07 Å². The summed E-state index contributed by atoms with van der Waals surface area (Å²) in [5.74, 6) is -0.973. The van der Waals surface area contributed by atoms with Crippen LogP contribution in [0.1, 0.15) is 38.2 Å². The molecule has 0 unspecified atom stereocenters. The van der Waals surface area contributed by atoms with Crippen LogP contribution in [0.5, 0.6) is 5.75 Å². The van der Waals surface area contributed by atoms with Crippen molar-refractivity contribution in [1.29, 1.82) is 5.26 Å². The fourth-order valence-corrected chi connectivity index (χ4v) is 3.72. The van der Waals surface area contributed by atoms with Crippen molar-refractivity contribution >= 4 is 23.2 Å². The summed E-state index contributed by atoms with van der Waals surface area (Å²) in [6.07, 6.45) is 0. The van der Waals surface area contributed by atoms with Gasteiger partial charge in [0.1, 0.15) is 10.6 Å². The number of esters is 1. The average Bonchev–Trinajstić information content (AvgIpc) is 3.04. The zero-order chi connectivity index (χ0) is 21.0. The van der Waals surface area contributed by atoms with E-state index in [1.54, 1.807) is 30.5 Å². The van der Waals surface area contributed by atoms with Gasteiger partial charge in [-0.3, -0.25) is 9.36 Å². The summed E-state index contributed by atoms with van der Waals surface area (Å²) in [5.41, 5.74) is 1.86. The van der Waals surface area contributed by atoms with Crippen LogP contribution >= 0.6 is 11.3 Å². The Hall–Kier alpha value is -3.70. The molecule has 0 aliphatic rings. The summed E-state index contributed by atoms with van der Waals surface area (Å²) < 4.78 is 6.73. The standard InChI is InChI=1S/C21H17N3O4S/c1-3-28-20(27)18-13(2)24(16-5-4-6-17(25)11-16)21(29-18)23-19(26)15-9-7-14(12-22)8-10-15/h4-11,25H,3H2,1-2H3. The van der Waals surface area contributed by atoms with Crippen molar-refractivity contribution < 1.29 is 19.4 Å². The largest absolute Gasteiger partial charge is 0.508 e. The molecule has 3 rings (SSSR count). The molecule has 1 amide bonds. The third-order valence-electron chi connectivity index (χ3n) is 4.06. The van der Waals surface area contributed by atoms with Crippen LogP contribution in [-0.4, -0.2) is 28.2 Å². The molecule has 0 aliphatic heterocycles. The van der Waals surface area contributed by atoms with Gasteiger partial charge in [-0.2, -0.15) is 10.3 Å². The highest BCUT2D eigenvalue weighted by Crippen LogP contribution is 2.21. The predicted octanol–water partition coefficient (Wildman–Crippen LogP) is 3.34. The number of hydrogen-bond acceptors (Lipinski definition) is 6. The molecule has 0 fully saturated rings. The van der Waals surface area contributed by atoms with E-state index in [2.05, 4.69) is 4.99 Å². The number of benzene rings is 2. The summed E-state index contributed by atoms with van der Waals surface area (Å²) in [4.78, 5) is 29.8. The number of thiazole rings is 1. The molecular formula is C21H17N3O4S. The highest BCUT2D eigenvalue weighted by atomic mass is 32.1. The van der Waals surface area contributed by atoms with Gasteiger partial charge in [-0.1, -0.05) is 17.4 Å². The molecule has 0 radical (unpaired) electrons. The van der Waals surface area contributed by atoms with Crippen LogP contribution < -0.4 is 4.80 Å². The van der Waals surface area contributed by atoms with Crippen LogP contribution in [0.25, 0.3) is 5.69 Å². The van der Waals surface area contributed by atoms with Gasteiger partial charge in [0.25, 0.3) is 5.91 Å². The van der Waals surface area contributed by atoms with Crippen LogP contribution in [0.3, 0.4) is 0 Å². The second-order valence-corrected chi connectivity index (χ2v) is 6.96. The zero-order valence-corrected chi connectivity index (χ0v) is 16.6. The van der Waals surface area contributed by atoms with Crippen LogP contribution in [0, 0.1) is 18.3 Å². The monoisotopic (exact) mass is 407 g/mol. The maximum atomic E-state index is 12.7. The molecule has 1 aromatic heterocycles. The minimum atomic E-state index is -0.514. The van der Waals surface area contributed by atoms with E-state index < -0.39 is 11.9 Å². The van der Waals surface area contributed by atoms with Crippen molar-refractivity contribution in [3.63, 3.8) is 0 Å². The number of rotatable bonds is 4. The Morgan fingerprint density at radius 3 is 2.59 bits per heavy atom. The molecule has 3 aromatic rings.